The summed E-state index contributed by atoms with van der Waals surface area (Å²) in [6, 6.07) is 1.82. The molecule has 0 bridgehead atoms. The molecular formula is C18H24N6OS. The molecule has 1 aliphatic carbocycles. The van der Waals surface area contributed by atoms with E-state index >= 15 is 0 Å². The van der Waals surface area contributed by atoms with Crippen molar-refractivity contribution in [1.29, 1.82) is 0 Å². The quantitative estimate of drug-likeness (QED) is 0.812. The van der Waals surface area contributed by atoms with Crippen LogP contribution in [-0.4, -0.2) is 65.0 Å². The normalized spacial score (nSPS) is 17.3. The molecule has 2 aromatic heterocycles. The van der Waals surface area contributed by atoms with E-state index in [-0.39, 0.29) is 5.91 Å². The maximum atomic E-state index is 12.2. The van der Waals surface area contributed by atoms with Crippen LogP contribution >= 0.6 is 11.3 Å². The van der Waals surface area contributed by atoms with Gasteiger partial charge in [0.15, 0.2) is 0 Å². The zero-order valence-corrected chi connectivity index (χ0v) is 15.7. The summed E-state index contributed by atoms with van der Waals surface area (Å²) in [7, 11) is 0. The van der Waals surface area contributed by atoms with Gasteiger partial charge in [-0.2, -0.15) is 0 Å². The molecule has 26 heavy (non-hydrogen) atoms. The van der Waals surface area contributed by atoms with E-state index in [1.165, 1.54) is 23.4 Å². The maximum Gasteiger partial charge on any atom is 0.234 e. The molecule has 7 nitrogen and oxygen atoms in total. The van der Waals surface area contributed by atoms with E-state index < -0.39 is 0 Å². The molecule has 2 aromatic rings. The number of nitrogens with zero attached hydrogens (tertiary/aromatic N) is 5. The standard InChI is InChI=1S/C18H24N6OS/c25-16(19-8-5-17-22-14-3-1-4-15(14)26-17)13-23-9-11-24(12-10-23)18-20-6-2-7-21-18/h2,6-7H,1,3-5,8-13H2,(H,19,25). The number of rotatable bonds is 6. The van der Waals surface area contributed by atoms with Gasteiger partial charge in [0, 0.05) is 56.4 Å². The van der Waals surface area contributed by atoms with Crippen molar-refractivity contribution in [2.75, 3.05) is 44.2 Å². The van der Waals surface area contributed by atoms with Crippen LogP contribution in [0, 0.1) is 0 Å². The molecule has 3 heterocycles. The van der Waals surface area contributed by atoms with Gasteiger partial charge in [-0.15, -0.1) is 11.3 Å². The average molecular weight is 372 g/mol. The van der Waals surface area contributed by atoms with E-state index in [4.69, 9.17) is 0 Å². The number of hydrogen-bond donors (Lipinski definition) is 1. The first-order valence-electron chi connectivity index (χ1n) is 9.26. The Labute approximate surface area is 157 Å². The topological polar surface area (TPSA) is 74.2 Å². The monoisotopic (exact) mass is 372 g/mol. The fourth-order valence-corrected chi connectivity index (χ4v) is 4.64. The average Bonchev–Trinajstić information content (AvgIpc) is 3.25. The molecule has 0 radical (unpaired) electrons. The molecule has 0 atom stereocenters. The molecule has 0 aromatic carbocycles. The Morgan fingerprint density at radius 3 is 2.73 bits per heavy atom. The van der Waals surface area contributed by atoms with Gasteiger partial charge < -0.3 is 10.2 Å². The van der Waals surface area contributed by atoms with Gasteiger partial charge in [-0.3, -0.25) is 9.69 Å². The summed E-state index contributed by atoms with van der Waals surface area (Å²) >= 11 is 1.82. The van der Waals surface area contributed by atoms with Crippen molar-refractivity contribution < 1.29 is 4.79 Å². The largest absolute Gasteiger partial charge is 0.355 e. The van der Waals surface area contributed by atoms with E-state index in [1.807, 2.05) is 17.4 Å². The molecule has 1 saturated heterocycles. The van der Waals surface area contributed by atoms with Gasteiger partial charge in [-0.1, -0.05) is 0 Å². The number of amides is 1. The molecular weight excluding hydrogens is 348 g/mol. The first-order valence-corrected chi connectivity index (χ1v) is 10.1. The maximum absolute atomic E-state index is 12.2. The van der Waals surface area contributed by atoms with E-state index in [0.717, 1.165) is 50.0 Å². The van der Waals surface area contributed by atoms with Gasteiger partial charge in [0.05, 0.1) is 17.2 Å². The molecule has 1 amide bonds. The minimum absolute atomic E-state index is 0.0958. The zero-order chi connectivity index (χ0) is 17.8. The molecule has 1 aliphatic heterocycles. The van der Waals surface area contributed by atoms with Crippen LogP contribution in [0.5, 0.6) is 0 Å². The number of carbonyl (C=O) groups excluding carboxylic acids is 1. The molecule has 138 valence electrons. The summed E-state index contributed by atoms with van der Waals surface area (Å²) in [5, 5.41) is 4.19. The first kappa shape index (κ1) is 17.4. The highest BCUT2D eigenvalue weighted by Crippen LogP contribution is 2.27. The Kier molecular flexibility index (Phi) is 5.40. The third-order valence-corrected chi connectivity index (χ3v) is 6.09. The second-order valence-corrected chi connectivity index (χ2v) is 7.91. The van der Waals surface area contributed by atoms with Gasteiger partial charge in [-0.25, -0.2) is 15.0 Å². The van der Waals surface area contributed by atoms with E-state index in [9.17, 15) is 4.79 Å². The number of anilines is 1. The van der Waals surface area contributed by atoms with Crippen LogP contribution < -0.4 is 10.2 Å². The molecule has 1 N–H and O–H groups in total. The Morgan fingerprint density at radius 2 is 1.96 bits per heavy atom. The molecule has 4 rings (SSSR count). The predicted molar refractivity (Wildman–Crippen MR) is 102 cm³/mol. The molecule has 0 spiro atoms. The van der Waals surface area contributed by atoms with Crippen LogP contribution in [0.25, 0.3) is 0 Å². The third kappa shape index (κ3) is 4.19. The van der Waals surface area contributed by atoms with Crippen molar-refractivity contribution in [2.45, 2.75) is 25.7 Å². The summed E-state index contributed by atoms with van der Waals surface area (Å²) in [6.45, 7) is 4.53. The second kappa shape index (κ2) is 8.09. The van der Waals surface area contributed by atoms with Gasteiger partial charge in [0.1, 0.15) is 0 Å². The minimum Gasteiger partial charge on any atom is -0.355 e. The van der Waals surface area contributed by atoms with Crippen LogP contribution in [0.1, 0.15) is 22.0 Å². The summed E-state index contributed by atoms with van der Waals surface area (Å²) in [6.07, 6.45) is 7.91. The predicted octanol–water partition coefficient (Wildman–Crippen LogP) is 0.903. The third-order valence-electron chi connectivity index (χ3n) is 4.88. The highest BCUT2D eigenvalue weighted by atomic mass is 32.1. The van der Waals surface area contributed by atoms with E-state index in [0.29, 0.717) is 13.1 Å². The summed E-state index contributed by atoms with van der Waals surface area (Å²) in [4.78, 5) is 31.2. The molecule has 0 saturated carbocycles. The minimum atomic E-state index is 0.0958. The molecule has 0 unspecified atom stereocenters. The smallest absolute Gasteiger partial charge is 0.234 e. The lowest BCUT2D eigenvalue weighted by Crippen LogP contribution is -2.50. The van der Waals surface area contributed by atoms with Crippen molar-refractivity contribution in [3.63, 3.8) is 0 Å². The number of fused-ring (bicyclic) bond motifs is 1. The number of hydrogen-bond acceptors (Lipinski definition) is 7. The number of aromatic nitrogens is 3. The van der Waals surface area contributed by atoms with Crippen LogP contribution in [0.2, 0.25) is 0 Å². The van der Waals surface area contributed by atoms with Crippen molar-refractivity contribution in [3.05, 3.63) is 34.0 Å². The number of carbonyl (C=O) groups is 1. The molecule has 1 fully saturated rings. The SMILES string of the molecule is O=C(CN1CCN(c2ncccn2)CC1)NCCc1nc2c(s1)CCC2. The van der Waals surface area contributed by atoms with Crippen LogP contribution in [0.4, 0.5) is 5.95 Å². The Hall–Kier alpha value is -2.06. The number of thiazole rings is 1. The van der Waals surface area contributed by atoms with Crippen LogP contribution in [-0.2, 0) is 24.1 Å². The number of aryl methyl sites for hydroxylation is 2. The fraction of sp³-hybridized carbons (Fsp3) is 0.556. The van der Waals surface area contributed by atoms with Gasteiger partial charge in [0.2, 0.25) is 11.9 Å². The van der Waals surface area contributed by atoms with Crippen molar-refractivity contribution in [1.82, 2.24) is 25.2 Å². The Bertz CT molecular complexity index is 720. The highest BCUT2D eigenvalue weighted by molar-refractivity contribution is 7.11. The van der Waals surface area contributed by atoms with Crippen LogP contribution in [0.15, 0.2) is 18.5 Å². The van der Waals surface area contributed by atoms with Crippen molar-refractivity contribution in [3.8, 4) is 0 Å². The Balaban J connectivity index is 1.16. The molecule has 8 heteroatoms. The molecule has 2 aliphatic rings. The van der Waals surface area contributed by atoms with Gasteiger partial charge in [0.25, 0.3) is 0 Å². The van der Waals surface area contributed by atoms with E-state index in [1.54, 1.807) is 12.4 Å². The summed E-state index contributed by atoms with van der Waals surface area (Å²) in [5.41, 5.74) is 1.29. The first-order chi connectivity index (χ1) is 12.8. The van der Waals surface area contributed by atoms with Crippen molar-refractivity contribution >= 4 is 23.2 Å². The van der Waals surface area contributed by atoms with E-state index in [2.05, 4.69) is 30.1 Å². The lowest BCUT2D eigenvalue weighted by atomic mass is 10.3. The number of nitrogens with one attached hydrogen (secondary N) is 1. The second-order valence-electron chi connectivity index (χ2n) is 6.74. The van der Waals surface area contributed by atoms with Gasteiger partial charge >= 0.3 is 0 Å². The highest BCUT2D eigenvalue weighted by Gasteiger charge is 2.20. The Morgan fingerprint density at radius 1 is 1.15 bits per heavy atom. The fourth-order valence-electron chi connectivity index (χ4n) is 3.48. The number of piperazine rings is 1. The zero-order valence-electron chi connectivity index (χ0n) is 14.9. The van der Waals surface area contributed by atoms with Crippen LogP contribution in [0.3, 0.4) is 0 Å². The lowest BCUT2D eigenvalue weighted by Gasteiger charge is -2.34. The van der Waals surface area contributed by atoms with Crippen molar-refractivity contribution in [2.24, 2.45) is 0 Å². The van der Waals surface area contributed by atoms with Gasteiger partial charge in [-0.05, 0) is 25.3 Å². The summed E-state index contributed by atoms with van der Waals surface area (Å²) in [5.74, 6) is 0.866. The lowest BCUT2D eigenvalue weighted by molar-refractivity contribution is -0.122. The summed E-state index contributed by atoms with van der Waals surface area (Å²) < 4.78 is 0.